The highest BCUT2D eigenvalue weighted by atomic mass is 32.2. The summed E-state index contributed by atoms with van der Waals surface area (Å²) in [5.41, 5.74) is 1.58. The van der Waals surface area contributed by atoms with E-state index in [2.05, 4.69) is 15.3 Å². The van der Waals surface area contributed by atoms with Crippen LogP contribution >= 0.6 is 0 Å². The first-order chi connectivity index (χ1) is 12.5. The topological polar surface area (TPSA) is 123 Å². The molecule has 2 atom stereocenters. The van der Waals surface area contributed by atoms with Crippen molar-refractivity contribution in [2.24, 2.45) is 0 Å². The van der Waals surface area contributed by atoms with E-state index in [9.17, 15) is 13.2 Å². The Bertz CT molecular complexity index is 1150. The van der Waals surface area contributed by atoms with E-state index in [1.807, 2.05) is 4.68 Å². The van der Waals surface area contributed by atoms with E-state index in [-0.39, 0.29) is 23.6 Å². The first-order valence-electron chi connectivity index (χ1n) is 8.16. The number of H-pyrrole nitrogens is 1. The fourth-order valence-corrected chi connectivity index (χ4v) is 5.11. The van der Waals surface area contributed by atoms with Gasteiger partial charge in [0.25, 0.3) is 0 Å². The Labute approximate surface area is 147 Å². The monoisotopic (exact) mass is 377 g/mol. The lowest BCUT2D eigenvalue weighted by Crippen LogP contribution is -2.50. The predicted octanol–water partition coefficient (Wildman–Crippen LogP) is 0.247. The molecule has 136 valence electrons. The van der Waals surface area contributed by atoms with E-state index in [4.69, 9.17) is 9.15 Å². The van der Waals surface area contributed by atoms with Crippen LogP contribution < -0.4 is 5.76 Å². The lowest BCUT2D eigenvalue weighted by molar-refractivity contribution is -0.0543. The van der Waals surface area contributed by atoms with Crippen molar-refractivity contribution in [1.82, 2.24) is 24.3 Å². The van der Waals surface area contributed by atoms with Crippen LogP contribution in [0.2, 0.25) is 0 Å². The molecule has 10 nitrogen and oxygen atoms in total. The number of ether oxygens (including phenoxy) is 1. The van der Waals surface area contributed by atoms with E-state index in [1.54, 1.807) is 6.20 Å². The highest BCUT2D eigenvalue weighted by Gasteiger charge is 2.40. The highest BCUT2D eigenvalue weighted by molar-refractivity contribution is 7.89. The average molecular weight is 377 g/mol. The molecule has 26 heavy (non-hydrogen) atoms. The molecular weight excluding hydrogens is 362 g/mol. The summed E-state index contributed by atoms with van der Waals surface area (Å²) in [5.74, 6) is -0.616. The van der Waals surface area contributed by atoms with Crippen LogP contribution in [0, 0.1) is 0 Å². The molecule has 11 heteroatoms. The average Bonchev–Trinajstić information content (AvgIpc) is 3.25. The SMILES string of the molecule is O=c1[nH]c2cc(S(=O)(=O)N3CC[C@@H]4[C@@H](C3)OCc3cnnn34)ccc2o1. The Kier molecular flexibility index (Phi) is 3.33. The van der Waals surface area contributed by atoms with Crippen molar-refractivity contribution in [3.8, 4) is 0 Å². The molecule has 4 heterocycles. The number of benzene rings is 1. The van der Waals surface area contributed by atoms with Gasteiger partial charge in [0.15, 0.2) is 5.58 Å². The first kappa shape index (κ1) is 15.7. The maximum atomic E-state index is 13.0. The molecular formula is C15H15N5O5S. The lowest BCUT2D eigenvalue weighted by Gasteiger charge is -2.40. The molecule has 1 saturated heterocycles. The van der Waals surface area contributed by atoms with Crippen molar-refractivity contribution < 1.29 is 17.6 Å². The zero-order chi connectivity index (χ0) is 17.9. The number of nitrogens with zero attached hydrogens (tertiary/aromatic N) is 4. The molecule has 0 unspecified atom stereocenters. The third-order valence-electron chi connectivity index (χ3n) is 4.92. The van der Waals surface area contributed by atoms with Gasteiger partial charge in [0.2, 0.25) is 10.0 Å². The minimum atomic E-state index is -3.71. The van der Waals surface area contributed by atoms with Crippen molar-refractivity contribution in [2.75, 3.05) is 13.1 Å². The normalized spacial score (nSPS) is 23.7. The number of aromatic nitrogens is 4. The quantitative estimate of drug-likeness (QED) is 0.679. The fraction of sp³-hybridized carbons (Fsp3) is 0.400. The second kappa shape index (κ2) is 5.50. The number of hydrogen-bond donors (Lipinski definition) is 1. The van der Waals surface area contributed by atoms with Crippen LogP contribution in [0.1, 0.15) is 18.2 Å². The molecule has 5 rings (SSSR count). The Hall–Kier alpha value is -2.50. The summed E-state index contributed by atoms with van der Waals surface area (Å²) in [6.07, 6.45) is 1.98. The van der Waals surface area contributed by atoms with Gasteiger partial charge in [0, 0.05) is 13.1 Å². The molecule has 1 fully saturated rings. The van der Waals surface area contributed by atoms with Crippen LogP contribution in [0.15, 0.2) is 38.5 Å². The van der Waals surface area contributed by atoms with Gasteiger partial charge in [-0.05, 0) is 24.6 Å². The first-order valence-corrected chi connectivity index (χ1v) is 9.60. The van der Waals surface area contributed by atoms with Crippen molar-refractivity contribution in [3.63, 3.8) is 0 Å². The zero-order valence-electron chi connectivity index (χ0n) is 13.5. The highest BCUT2D eigenvalue weighted by Crippen LogP contribution is 2.33. The van der Waals surface area contributed by atoms with Crippen LogP contribution in [0.4, 0.5) is 0 Å². The van der Waals surface area contributed by atoms with Crippen molar-refractivity contribution in [1.29, 1.82) is 0 Å². The molecule has 1 N–H and O–H groups in total. The van der Waals surface area contributed by atoms with E-state index in [0.717, 1.165) is 5.69 Å². The second-order valence-corrected chi connectivity index (χ2v) is 8.35. The Morgan fingerprint density at radius 3 is 3.08 bits per heavy atom. The number of sulfonamides is 1. The standard InChI is InChI=1S/C15H15N5O5S/c21-15-17-11-5-10(1-2-13(11)25-15)26(22,23)19-4-3-12-14(7-19)24-8-9-6-16-18-20(9)12/h1-2,5-6,12,14H,3-4,7-8H2,(H,17,21)/t12-,14-/m1/s1. The summed E-state index contributed by atoms with van der Waals surface area (Å²) in [6.45, 7) is 0.961. The number of hydrogen-bond acceptors (Lipinski definition) is 7. The van der Waals surface area contributed by atoms with Gasteiger partial charge in [-0.2, -0.15) is 4.31 Å². The molecule has 2 aromatic heterocycles. The van der Waals surface area contributed by atoms with Gasteiger partial charge in [0.1, 0.15) is 0 Å². The minimum Gasteiger partial charge on any atom is -0.408 e. The van der Waals surface area contributed by atoms with Gasteiger partial charge in [-0.3, -0.25) is 4.98 Å². The van der Waals surface area contributed by atoms with Gasteiger partial charge in [-0.25, -0.2) is 17.9 Å². The Morgan fingerprint density at radius 2 is 2.19 bits per heavy atom. The third-order valence-corrected chi connectivity index (χ3v) is 6.78. The third kappa shape index (κ3) is 2.31. The number of oxazole rings is 1. The summed E-state index contributed by atoms with van der Waals surface area (Å²) in [5, 5.41) is 8.00. The van der Waals surface area contributed by atoms with Crippen molar-refractivity contribution >= 4 is 21.1 Å². The van der Waals surface area contributed by atoms with Gasteiger partial charge < -0.3 is 9.15 Å². The van der Waals surface area contributed by atoms with Crippen LogP contribution in [0.25, 0.3) is 11.1 Å². The van der Waals surface area contributed by atoms with Crippen LogP contribution in [-0.4, -0.2) is 51.9 Å². The van der Waals surface area contributed by atoms with Gasteiger partial charge >= 0.3 is 5.76 Å². The Morgan fingerprint density at radius 1 is 1.31 bits per heavy atom. The van der Waals surface area contributed by atoms with E-state index >= 15 is 0 Å². The molecule has 2 aliphatic heterocycles. The number of aromatic amines is 1. The lowest BCUT2D eigenvalue weighted by atomic mass is 10.0. The minimum absolute atomic E-state index is 0.0135. The summed E-state index contributed by atoms with van der Waals surface area (Å²) in [4.78, 5) is 13.9. The molecule has 0 saturated carbocycles. The number of rotatable bonds is 2. The molecule has 0 bridgehead atoms. The van der Waals surface area contributed by atoms with E-state index in [1.165, 1.54) is 22.5 Å². The van der Waals surface area contributed by atoms with Gasteiger partial charge in [-0.1, -0.05) is 5.21 Å². The molecule has 0 spiro atoms. The summed E-state index contributed by atoms with van der Waals surface area (Å²) in [7, 11) is -3.71. The van der Waals surface area contributed by atoms with Gasteiger partial charge in [-0.15, -0.1) is 5.10 Å². The van der Waals surface area contributed by atoms with Crippen molar-refractivity contribution in [2.45, 2.75) is 30.1 Å². The van der Waals surface area contributed by atoms with Crippen LogP contribution in [-0.2, 0) is 21.4 Å². The molecule has 3 aromatic rings. The smallest absolute Gasteiger partial charge is 0.408 e. The Balaban J connectivity index is 1.45. The van der Waals surface area contributed by atoms with Crippen LogP contribution in [0.3, 0.4) is 0 Å². The van der Waals surface area contributed by atoms with E-state index in [0.29, 0.717) is 30.7 Å². The summed E-state index contributed by atoms with van der Waals surface area (Å²) in [6, 6.07) is 4.32. The number of nitrogens with one attached hydrogen (secondary N) is 1. The molecule has 0 amide bonds. The summed E-state index contributed by atoms with van der Waals surface area (Å²) >= 11 is 0. The second-order valence-electron chi connectivity index (χ2n) is 6.41. The van der Waals surface area contributed by atoms with Crippen molar-refractivity contribution in [3.05, 3.63) is 40.6 Å². The summed E-state index contributed by atoms with van der Waals surface area (Å²) < 4.78 is 40.0. The van der Waals surface area contributed by atoms with E-state index < -0.39 is 15.8 Å². The zero-order valence-corrected chi connectivity index (χ0v) is 14.3. The fourth-order valence-electron chi connectivity index (χ4n) is 3.62. The molecule has 0 aliphatic carbocycles. The van der Waals surface area contributed by atoms with Gasteiger partial charge in [0.05, 0.1) is 41.1 Å². The molecule has 0 radical (unpaired) electrons. The number of fused-ring (bicyclic) bond motifs is 4. The number of piperidine rings is 1. The predicted molar refractivity (Wildman–Crippen MR) is 87.8 cm³/mol. The largest absolute Gasteiger partial charge is 0.417 e. The maximum Gasteiger partial charge on any atom is 0.417 e. The maximum absolute atomic E-state index is 13.0. The molecule has 1 aromatic carbocycles. The molecule has 2 aliphatic rings. The van der Waals surface area contributed by atoms with Crippen LogP contribution in [0.5, 0.6) is 0 Å².